The molecule has 0 aromatic carbocycles. The summed E-state index contributed by atoms with van der Waals surface area (Å²) in [6.07, 6.45) is 3.53. The van der Waals surface area contributed by atoms with Crippen molar-refractivity contribution in [3.05, 3.63) is 22.5 Å². The molecule has 0 radical (unpaired) electrons. The number of nitrogens with one attached hydrogen (secondary N) is 1. The number of fused-ring (bicyclic) bond motifs is 1. The molecule has 2 aliphatic rings. The second-order valence-electron chi connectivity index (χ2n) is 3.02. The summed E-state index contributed by atoms with van der Waals surface area (Å²) >= 11 is 3.23. The van der Waals surface area contributed by atoms with Gasteiger partial charge >= 0.3 is 5.97 Å². The SMILES string of the molecule is CCOC(=O)C1=C[C@@H]2OC(Br)=C[C@H]2N1. The third kappa shape index (κ3) is 1.64. The van der Waals surface area contributed by atoms with Crippen molar-refractivity contribution in [1.82, 2.24) is 5.32 Å². The zero-order valence-corrected chi connectivity index (χ0v) is 9.21. The largest absolute Gasteiger partial charge is 0.477 e. The highest BCUT2D eigenvalue weighted by Crippen LogP contribution is 2.28. The molecule has 76 valence electrons. The van der Waals surface area contributed by atoms with Crippen LogP contribution in [0.4, 0.5) is 0 Å². The van der Waals surface area contributed by atoms with Crippen LogP contribution in [0.15, 0.2) is 22.5 Å². The van der Waals surface area contributed by atoms with E-state index in [1.165, 1.54) is 0 Å². The summed E-state index contributed by atoms with van der Waals surface area (Å²) in [5, 5.41) is 3.02. The Morgan fingerprint density at radius 2 is 2.50 bits per heavy atom. The lowest BCUT2D eigenvalue weighted by Crippen LogP contribution is -2.29. The van der Waals surface area contributed by atoms with Crippen molar-refractivity contribution < 1.29 is 14.3 Å². The fourth-order valence-electron chi connectivity index (χ4n) is 1.47. The molecule has 0 aromatic heterocycles. The lowest BCUT2D eigenvalue weighted by molar-refractivity contribution is -0.138. The molecule has 0 saturated carbocycles. The molecule has 0 bridgehead atoms. The average Bonchev–Trinajstić information content (AvgIpc) is 2.61. The van der Waals surface area contributed by atoms with E-state index in [0.29, 0.717) is 17.0 Å². The van der Waals surface area contributed by atoms with E-state index >= 15 is 0 Å². The van der Waals surface area contributed by atoms with Gasteiger partial charge in [-0.05, 0) is 35.0 Å². The fourth-order valence-corrected chi connectivity index (χ4v) is 1.97. The van der Waals surface area contributed by atoms with Gasteiger partial charge in [0.1, 0.15) is 11.8 Å². The van der Waals surface area contributed by atoms with Crippen LogP contribution < -0.4 is 5.32 Å². The van der Waals surface area contributed by atoms with Crippen molar-refractivity contribution >= 4 is 21.9 Å². The van der Waals surface area contributed by atoms with Gasteiger partial charge in [0.2, 0.25) is 0 Å². The molecule has 2 heterocycles. The minimum Gasteiger partial charge on any atom is -0.477 e. The molecule has 5 heteroatoms. The zero-order valence-electron chi connectivity index (χ0n) is 7.62. The van der Waals surface area contributed by atoms with Gasteiger partial charge in [0.25, 0.3) is 0 Å². The summed E-state index contributed by atoms with van der Waals surface area (Å²) in [4.78, 5) is 11.3. The summed E-state index contributed by atoms with van der Waals surface area (Å²) in [5.74, 6) is -0.324. The summed E-state index contributed by atoms with van der Waals surface area (Å²) in [6.45, 7) is 2.16. The van der Waals surface area contributed by atoms with Gasteiger partial charge in [-0.3, -0.25) is 0 Å². The Morgan fingerprint density at radius 1 is 1.71 bits per heavy atom. The molecule has 0 amide bonds. The van der Waals surface area contributed by atoms with Crippen molar-refractivity contribution in [3.63, 3.8) is 0 Å². The summed E-state index contributed by atoms with van der Waals surface area (Å²) in [7, 11) is 0. The Bertz CT molecular complexity index is 324. The van der Waals surface area contributed by atoms with E-state index in [1.807, 2.05) is 6.08 Å². The van der Waals surface area contributed by atoms with Crippen LogP contribution in [0.25, 0.3) is 0 Å². The highest BCUT2D eigenvalue weighted by Gasteiger charge is 2.35. The first kappa shape index (κ1) is 9.58. The van der Waals surface area contributed by atoms with Crippen LogP contribution in [0.2, 0.25) is 0 Å². The second-order valence-corrected chi connectivity index (χ2v) is 3.81. The molecule has 2 atom stereocenters. The third-order valence-corrected chi connectivity index (χ3v) is 2.51. The first-order valence-corrected chi connectivity index (χ1v) is 5.19. The first-order chi connectivity index (χ1) is 6.70. The fraction of sp³-hybridized carbons (Fsp3) is 0.444. The summed E-state index contributed by atoms with van der Waals surface area (Å²) < 4.78 is 10.9. The number of esters is 1. The highest BCUT2D eigenvalue weighted by atomic mass is 79.9. The van der Waals surface area contributed by atoms with E-state index in [0.717, 1.165) is 0 Å². The van der Waals surface area contributed by atoms with Crippen LogP contribution in [0.1, 0.15) is 6.92 Å². The van der Waals surface area contributed by atoms with E-state index in [-0.39, 0.29) is 18.1 Å². The minimum atomic E-state index is -0.324. The first-order valence-electron chi connectivity index (χ1n) is 4.40. The van der Waals surface area contributed by atoms with Gasteiger partial charge in [-0.2, -0.15) is 0 Å². The van der Waals surface area contributed by atoms with Crippen LogP contribution in [0.3, 0.4) is 0 Å². The molecule has 0 spiro atoms. The predicted molar refractivity (Wildman–Crippen MR) is 53.5 cm³/mol. The predicted octanol–water partition coefficient (Wildman–Crippen LogP) is 1.04. The number of hydrogen-bond acceptors (Lipinski definition) is 4. The van der Waals surface area contributed by atoms with Crippen LogP contribution in [0, 0.1) is 0 Å². The molecule has 0 saturated heterocycles. The van der Waals surface area contributed by atoms with Gasteiger partial charge in [0.15, 0.2) is 4.67 Å². The van der Waals surface area contributed by atoms with E-state index in [9.17, 15) is 4.79 Å². The van der Waals surface area contributed by atoms with Gasteiger partial charge < -0.3 is 14.8 Å². The third-order valence-electron chi connectivity index (χ3n) is 2.06. The number of carbonyl (C=O) groups is 1. The molecule has 0 unspecified atom stereocenters. The van der Waals surface area contributed by atoms with Crippen molar-refractivity contribution in [2.75, 3.05) is 6.61 Å². The van der Waals surface area contributed by atoms with Crippen molar-refractivity contribution in [3.8, 4) is 0 Å². The lowest BCUT2D eigenvalue weighted by atomic mass is 10.2. The molecular formula is C9H10BrNO3. The van der Waals surface area contributed by atoms with Crippen molar-refractivity contribution in [2.24, 2.45) is 0 Å². The molecule has 0 fully saturated rings. The molecule has 0 aliphatic carbocycles. The maximum atomic E-state index is 11.3. The maximum Gasteiger partial charge on any atom is 0.354 e. The van der Waals surface area contributed by atoms with Crippen LogP contribution in [-0.2, 0) is 14.3 Å². The smallest absolute Gasteiger partial charge is 0.354 e. The average molecular weight is 260 g/mol. The normalized spacial score (nSPS) is 28.4. The molecule has 0 aromatic rings. The Labute approximate surface area is 90.1 Å². The Kier molecular flexibility index (Phi) is 2.50. The van der Waals surface area contributed by atoms with E-state index in [4.69, 9.17) is 9.47 Å². The zero-order chi connectivity index (χ0) is 10.1. The van der Waals surface area contributed by atoms with E-state index in [1.54, 1.807) is 13.0 Å². The van der Waals surface area contributed by atoms with Gasteiger partial charge in [0, 0.05) is 0 Å². The number of rotatable bonds is 2. The molecule has 1 N–H and O–H groups in total. The number of hydrogen-bond donors (Lipinski definition) is 1. The van der Waals surface area contributed by atoms with E-state index < -0.39 is 0 Å². The Hall–Kier alpha value is -0.970. The van der Waals surface area contributed by atoms with Crippen molar-refractivity contribution in [2.45, 2.75) is 19.1 Å². The number of halogens is 1. The quantitative estimate of drug-likeness (QED) is 0.753. The van der Waals surface area contributed by atoms with Crippen LogP contribution in [-0.4, -0.2) is 24.7 Å². The van der Waals surface area contributed by atoms with Crippen molar-refractivity contribution in [1.29, 1.82) is 0 Å². The highest BCUT2D eigenvalue weighted by molar-refractivity contribution is 9.11. The molecule has 2 aliphatic heterocycles. The Balaban J connectivity index is 2.01. The number of ether oxygens (including phenoxy) is 2. The monoisotopic (exact) mass is 259 g/mol. The standard InChI is InChI=1S/C9H10BrNO3/c1-2-13-9(12)6-3-7-5(11-6)4-8(10)14-7/h3-5,7,11H,2H2,1H3/t5-,7+/m1/s1. The second kappa shape index (κ2) is 3.65. The summed E-state index contributed by atoms with van der Waals surface area (Å²) in [5.41, 5.74) is 0.484. The van der Waals surface area contributed by atoms with Gasteiger partial charge in [0.05, 0.1) is 12.6 Å². The molecule has 14 heavy (non-hydrogen) atoms. The van der Waals surface area contributed by atoms with Gasteiger partial charge in [-0.25, -0.2) is 4.79 Å². The Morgan fingerprint density at radius 3 is 3.14 bits per heavy atom. The summed E-state index contributed by atoms with van der Waals surface area (Å²) in [6, 6.07) is 0.0452. The van der Waals surface area contributed by atoms with Crippen LogP contribution in [0.5, 0.6) is 0 Å². The molecular weight excluding hydrogens is 250 g/mol. The molecule has 2 rings (SSSR count). The minimum absolute atomic E-state index is 0.0452. The van der Waals surface area contributed by atoms with Gasteiger partial charge in [-0.1, -0.05) is 0 Å². The number of carbonyl (C=O) groups excluding carboxylic acids is 1. The van der Waals surface area contributed by atoms with Gasteiger partial charge in [-0.15, -0.1) is 0 Å². The lowest BCUT2D eigenvalue weighted by Gasteiger charge is -2.08. The maximum absolute atomic E-state index is 11.3. The topological polar surface area (TPSA) is 47.6 Å². The van der Waals surface area contributed by atoms with Crippen LogP contribution >= 0.6 is 15.9 Å². The molecule has 4 nitrogen and oxygen atoms in total. The van der Waals surface area contributed by atoms with E-state index in [2.05, 4.69) is 21.2 Å².